The van der Waals surface area contributed by atoms with Gasteiger partial charge in [0, 0.05) is 29.2 Å². The Balaban J connectivity index is 0.00000162. The number of halogens is 2. The van der Waals surface area contributed by atoms with Crippen LogP contribution in [0.3, 0.4) is 0 Å². The quantitative estimate of drug-likeness (QED) is 0.902. The molecule has 1 amide bonds. The summed E-state index contributed by atoms with van der Waals surface area (Å²) in [6.07, 6.45) is 2.08. The van der Waals surface area contributed by atoms with Crippen molar-refractivity contribution in [2.75, 3.05) is 20.1 Å². The van der Waals surface area contributed by atoms with Crippen molar-refractivity contribution in [3.8, 4) is 0 Å². The lowest BCUT2D eigenvalue weighted by Gasteiger charge is -2.31. The molecule has 0 saturated carbocycles. The van der Waals surface area contributed by atoms with Crippen LogP contribution in [0.5, 0.6) is 0 Å². The SMILES string of the molecule is CNC1CCN(C(=O)c2cccc(Br)c2)CC1.Cl. The Hall–Kier alpha value is -0.580. The molecular formula is C13H18BrClN2O. The van der Waals surface area contributed by atoms with Gasteiger partial charge in [0.15, 0.2) is 0 Å². The van der Waals surface area contributed by atoms with E-state index in [0.29, 0.717) is 6.04 Å². The van der Waals surface area contributed by atoms with Gasteiger partial charge in [0.25, 0.3) is 5.91 Å². The lowest BCUT2D eigenvalue weighted by atomic mass is 10.0. The van der Waals surface area contributed by atoms with Gasteiger partial charge in [-0.3, -0.25) is 4.79 Å². The highest BCUT2D eigenvalue weighted by Gasteiger charge is 2.22. The molecule has 0 spiro atoms. The third-order valence-electron chi connectivity index (χ3n) is 3.26. The van der Waals surface area contributed by atoms with Crippen LogP contribution in [-0.2, 0) is 0 Å². The molecule has 0 unspecified atom stereocenters. The average molecular weight is 334 g/mol. The molecule has 0 aliphatic carbocycles. The van der Waals surface area contributed by atoms with E-state index in [9.17, 15) is 4.79 Å². The number of benzene rings is 1. The molecule has 1 aliphatic rings. The zero-order valence-electron chi connectivity index (χ0n) is 10.4. The zero-order chi connectivity index (χ0) is 12.3. The first-order valence-corrected chi connectivity index (χ1v) is 6.72. The standard InChI is InChI=1S/C13H17BrN2O.ClH/c1-15-12-5-7-16(8-6-12)13(17)10-3-2-4-11(14)9-10;/h2-4,9,12,15H,5-8H2,1H3;1H. The van der Waals surface area contributed by atoms with Crippen molar-refractivity contribution in [1.29, 1.82) is 0 Å². The summed E-state index contributed by atoms with van der Waals surface area (Å²) in [5, 5.41) is 3.27. The molecule has 3 nitrogen and oxygen atoms in total. The Labute approximate surface area is 122 Å². The lowest BCUT2D eigenvalue weighted by molar-refractivity contribution is 0.0707. The number of carbonyl (C=O) groups is 1. The summed E-state index contributed by atoms with van der Waals surface area (Å²) in [5.41, 5.74) is 0.766. The highest BCUT2D eigenvalue weighted by atomic mass is 79.9. The van der Waals surface area contributed by atoms with Crippen LogP contribution in [0.2, 0.25) is 0 Å². The summed E-state index contributed by atoms with van der Waals surface area (Å²) in [4.78, 5) is 14.2. The minimum absolute atomic E-state index is 0. The Morgan fingerprint density at radius 1 is 1.39 bits per heavy atom. The summed E-state index contributed by atoms with van der Waals surface area (Å²) in [7, 11) is 1.98. The van der Waals surface area contributed by atoms with Crippen molar-refractivity contribution in [2.24, 2.45) is 0 Å². The lowest BCUT2D eigenvalue weighted by Crippen LogP contribution is -2.43. The largest absolute Gasteiger partial charge is 0.339 e. The fourth-order valence-electron chi connectivity index (χ4n) is 2.18. The first-order valence-electron chi connectivity index (χ1n) is 5.93. The van der Waals surface area contributed by atoms with Crippen LogP contribution < -0.4 is 5.32 Å². The molecule has 1 aromatic carbocycles. The Kier molecular flexibility index (Phi) is 6.12. The van der Waals surface area contributed by atoms with Gasteiger partial charge in [-0.1, -0.05) is 22.0 Å². The van der Waals surface area contributed by atoms with E-state index in [0.717, 1.165) is 36.0 Å². The fraction of sp³-hybridized carbons (Fsp3) is 0.462. The third kappa shape index (κ3) is 3.70. The van der Waals surface area contributed by atoms with Crippen LogP contribution in [0.1, 0.15) is 23.2 Å². The summed E-state index contributed by atoms with van der Waals surface area (Å²) < 4.78 is 0.952. The van der Waals surface area contributed by atoms with Crippen molar-refractivity contribution < 1.29 is 4.79 Å². The van der Waals surface area contributed by atoms with Gasteiger partial charge in [0.2, 0.25) is 0 Å². The molecule has 0 atom stereocenters. The van der Waals surface area contributed by atoms with E-state index in [1.165, 1.54) is 0 Å². The molecule has 18 heavy (non-hydrogen) atoms. The Morgan fingerprint density at radius 2 is 2.06 bits per heavy atom. The van der Waals surface area contributed by atoms with Gasteiger partial charge in [0.05, 0.1) is 0 Å². The van der Waals surface area contributed by atoms with Crippen LogP contribution in [0.4, 0.5) is 0 Å². The molecular weight excluding hydrogens is 316 g/mol. The summed E-state index contributed by atoms with van der Waals surface area (Å²) in [5.74, 6) is 0.140. The number of nitrogens with zero attached hydrogens (tertiary/aromatic N) is 1. The van der Waals surface area contributed by atoms with Gasteiger partial charge >= 0.3 is 0 Å². The van der Waals surface area contributed by atoms with Gasteiger partial charge in [0.1, 0.15) is 0 Å². The molecule has 1 fully saturated rings. The third-order valence-corrected chi connectivity index (χ3v) is 3.76. The van der Waals surface area contributed by atoms with E-state index in [1.807, 2.05) is 36.2 Å². The summed E-state index contributed by atoms with van der Waals surface area (Å²) in [6.45, 7) is 1.69. The monoisotopic (exact) mass is 332 g/mol. The first kappa shape index (κ1) is 15.5. The number of hydrogen-bond donors (Lipinski definition) is 1. The summed E-state index contributed by atoms with van der Waals surface area (Å²) >= 11 is 3.39. The molecule has 5 heteroatoms. The second-order valence-electron chi connectivity index (χ2n) is 4.37. The van der Waals surface area contributed by atoms with Gasteiger partial charge in [-0.2, -0.15) is 0 Å². The van der Waals surface area contributed by atoms with Crippen LogP contribution in [0.15, 0.2) is 28.7 Å². The van der Waals surface area contributed by atoms with E-state index >= 15 is 0 Å². The average Bonchev–Trinajstić information content (AvgIpc) is 2.38. The van der Waals surface area contributed by atoms with Gasteiger partial charge in [-0.25, -0.2) is 0 Å². The number of piperidine rings is 1. The zero-order valence-corrected chi connectivity index (χ0v) is 12.8. The van der Waals surface area contributed by atoms with Crippen molar-refractivity contribution >= 4 is 34.2 Å². The topological polar surface area (TPSA) is 32.3 Å². The number of nitrogens with one attached hydrogen (secondary N) is 1. The van der Waals surface area contributed by atoms with E-state index in [4.69, 9.17) is 0 Å². The second kappa shape index (κ2) is 7.12. The van der Waals surface area contributed by atoms with Gasteiger partial charge < -0.3 is 10.2 Å². The maximum absolute atomic E-state index is 12.2. The second-order valence-corrected chi connectivity index (χ2v) is 5.28. The molecule has 0 radical (unpaired) electrons. The number of rotatable bonds is 2. The predicted molar refractivity (Wildman–Crippen MR) is 79.4 cm³/mol. The molecule has 1 heterocycles. The van der Waals surface area contributed by atoms with E-state index in [-0.39, 0.29) is 18.3 Å². The Bertz CT molecular complexity index is 406. The van der Waals surface area contributed by atoms with E-state index in [2.05, 4.69) is 21.2 Å². The van der Waals surface area contributed by atoms with E-state index < -0.39 is 0 Å². The molecule has 1 saturated heterocycles. The smallest absolute Gasteiger partial charge is 0.253 e. The molecule has 2 rings (SSSR count). The van der Waals surface area contributed by atoms with Crippen LogP contribution in [-0.4, -0.2) is 37.0 Å². The number of hydrogen-bond acceptors (Lipinski definition) is 2. The van der Waals surface area contributed by atoms with Crippen molar-refractivity contribution in [2.45, 2.75) is 18.9 Å². The van der Waals surface area contributed by atoms with Crippen molar-refractivity contribution in [1.82, 2.24) is 10.2 Å². The maximum atomic E-state index is 12.2. The summed E-state index contributed by atoms with van der Waals surface area (Å²) in [6, 6.07) is 8.15. The minimum atomic E-state index is 0. The molecule has 1 aromatic rings. The minimum Gasteiger partial charge on any atom is -0.339 e. The van der Waals surface area contributed by atoms with Gasteiger partial charge in [-0.05, 0) is 38.1 Å². The Morgan fingerprint density at radius 3 is 2.61 bits per heavy atom. The van der Waals surface area contributed by atoms with Crippen LogP contribution in [0.25, 0.3) is 0 Å². The van der Waals surface area contributed by atoms with Crippen molar-refractivity contribution in [3.05, 3.63) is 34.3 Å². The van der Waals surface area contributed by atoms with Crippen LogP contribution >= 0.6 is 28.3 Å². The molecule has 0 aromatic heterocycles. The highest BCUT2D eigenvalue weighted by Crippen LogP contribution is 2.16. The first-order chi connectivity index (χ1) is 8.20. The van der Waals surface area contributed by atoms with Gasteiger partial charge in [-0.15, -0.1) is 12.4 Å². The number of amides is 1. The molecule has 1 N–H and O–H groups in total. The predicted octanol–water partition coefficient (Wildman–Crippen LogP) is 2.69. The van der Waals surface area contributed by atoms with Crippen LogP contribution in [0, 0.1) is 0 Å². The fourth-order valence-corrected chi connectivity index (χ4v) is 2.57. The number of likely N-dealkylation sites (tertiary alicyclic amines) is 1. The molecule has 1 aliphatic heterocycles. The molecule has 0 bridgehead atoms. The maximum Gasteiger partial charge on any atom is 0.253 e. The normalized spacial score (nSPS) is 16.2. The number of carbonyl (C=O) groups excluding carboxylic acids is 1. The van der Waals surface area contributed by atoms with E-state index in [1.54, 1.807) is 0 Å². The molecule has 100 valence electrons. The highest BCUT2D eigenvalue weighted by molar-refractivity contribution is 9.10. The van der Waals surface area contributed by atoms with Crippen molar-refractivity contribution in [3.63, 3.8) is 0 Å².